The lowest BCUT2D eigenvalue weighted by molar-refractivity contribution is -0.0941. The molecule has 13 nitrogen and oxygen atoms in total. The lowest BCUT2D eigenvalue weighted by Gasteiger charge is -2.26. The van der Waals surface area contributed by atoms with Crippen molar-refractivity contribution in [2.24, 2.45) is 0 Å². The smallest absolute Gasteiger partial charge is 0.243 e. The van der Waals surface area contributed by atoms with E-state index in [2.05, 4.69) is 24.9 Å². The lowest BCUT2D eigenvalue weighted by Crippen LogP contribution is -2.35. The Bertz CT molecular complexity index is 1340. The fourth-order valence-electron chi connectivity index (χ4n) is 4.01. The quantitative estimate of drug-likeness (QED) is 0.355. The number of benzene rings is 1. The topological polar surface area (TPSA) is 149 Å². The predicted octanol–water partition coefficient (Wildman–Crippen LogP) is 3.11. The minimum Gasteiger partial charge on any atom is -0.494 e. The number of nitrogens with one attached hydrogen (secondary N) is 1. The van der Waals surface area contributed by atoms with E-state index >= 15 is 0 Å². The second-order valence-electron chi connectivity index (χ2n) is 8.88. The van der Waals surface area contributed by atoms with Gasteiger partial charge in [-0.1, -0.05) is 17.7 Å². The van der Waals surface area contributed by atoms with Gasteiger partial charge in [-0.05, 0) is 32.9 Å². The Morgan fingerprint density at radius 1 is 1.08 bits per heavy atom. The number of hydrogen-bond acceptors (Lipinski definition) is 11. The van der Waals surface area contributed by atoms with Crippen molar-refractivity contribution < 1.29 is 32.1 Å². The molecule has 1 N–H and O–H groups in total. The average molecular weight is 583 g/mol. The van der Waals surface area contributed by atoms with E-state index in [1.165, 1.54) is 38.1 Å². The van der Waals surface area contributed by atoms with Crippen molar-refractivity contribution in [3.05, 3.63) is 47.3 Å². The van der Waals surface area contributed by atoms with E-state index in [4.69, 9.17) is 35.3 Å². The summed E-state index contributed by atoms with van der Waals surface area (Å²) in [6.07, 6.45) is 0.832. The molecule has 0 unspecified atom stereocenters. The molecule has 0 radical (unpaired) electrons. The van der Waals surface area contributed by atoms with E-state index in [0.29, 0.717) is 41.2 Å². The van der Waals surface area contributed by atoms with Crippen LogP contribution in [-0.4, -0.2) is 78.5 Å². The summed E-state index contributed by atoms with van der Waals surface area (Å²) in [5, 5.41) is 7.61. The standard InChI is InChI=1S/C24H31ClN6O7S/c1-14(2)38-21(22-26-11-16(25)12-27-22)15(3)39(32,33)30-24-29-28-23(19-13-36-9-10-37-19)31(24)20-17(34-4)7-6-8-18(20)35-5/h6-8,11-12,14-15,19,21H,9-10,13H2,1-5H3,(H,29,30)/t15-,19-,21+/m0/s1. The van der Waals surface area contributed by atoms with E-state index in [1.54, 1.807) is 32.0 Å². The molecule has 0 spiro atoms. The van der Waals surface area contributed by atoms with Gasteiger partial charge < -0.3 is 23.7 Å². The van der Waals surface area contributed by atoms with Crippen LogP contribution in [0.1, 0.15) is 44.6 Å². The molecule has 1 aliphatic rings. The summed E-state index contributed by atoms with van der Waals surface area (Å²) in [6.45, 7) is 6.06. The minimum absolute atomic E-state index is 0.103. The molecular formula is C24H31ClN6O7S. The largest absolute Gasteiger partial charge is 0.494 e. The first-order valence-electron chi connectivity index (χ1n) is 12.2. The maximum atomic E-state index is 13.8. The Morgan fingerprint density at radius 2 is 1.74 bits per heavy atom. The van der Waals surface area contributed by atoms with Gasteiger partial charge in [-0.3, -0.25) is 9.29 Å². The molecule has 2 aromatic heterocycles. The van der Waals surface area contributed by atoms with Gasteiger partial charge in [0, 0.05) is 12.4 Å². The molecule has 0 bridgehead atoms. The van der Waals surface area contributed by atoms with Gasteiger partial charge in [-0.15, -0.1) is 10.2 Å². The third kappa shape index (κ3) is 6.41. The van der Waals surface area contributed by atoms with Crippen LogP contribution in [0.3, 0.4) is 0 Å². The molecule has 1 fully saturated rings. The first-order valence-corrected chi connectivity index (χ1v) is 14.1. The van der Waals surface area contributed by atoms with Gasteiger partial charge >= 0.3 is 0 Å². The number of methoxy groups -OCH3 is 2. The van der Waals surface area contributed by atoms with Crippen LogP contribution in [-0.2, 0) is 24.2 Å². The average Bonchev–Trinajstić information content (AvgIpc) is 3.33. The zero-order chi connectivity index (χ0) is 28.2. The monoisotopic (exact) mass is 582 g/mol. The number of para-hydroxylation sites is 1. The number of nitrogens with zero attached hydrogens (tertiary/aromatic N) is 5. The van der Waals surface area contributed by atoms with Gasteiger partial charge in [-0.2, -0.15) is 0 Å². The summed E-state index contributed by atoms with van der Waals surface area (Å²) in [5.41, 5.74) is 0.387. The van der Waals surface area contributed by atoms with Crippen LogP contribution in [0.5, 0.6) is 11.5 Å². The molecule has 15 heteroatoms. The van der Waals surface area contributed by atoms with Crippen LogP contribution in [0.2, 0.25) is 5.02 Å². The van der Waals surface area contributed by atoms with E-state index in [9.17, 15) is 8.42 Å². The number of ether oxygens (including phenoxy) is 5. The molecule has 3 atom stereocenters. The summed E-state index contributed by atoms with van der Waals surface area (Å²) in [5.74, 6) is 1.17. The van der Waals surface area contributed by atoms with Crippen molar-refractivity contribution in [3.63, 3.8) is 0 Å². The van der Waals surface area contributed by atoms with Crippen molar-refractivity contribution in [2.45, 2.75) is 44.3 Å². The molecule has 1 aromatic carbocycles. The summed E-state index contributed by atoms with van der Waals surface area (Å²) in [4.78, 5) is 8.38. The van der Waals surface area contributed by atoms with E-state index in [1.807, 2.05) is 0 Å². The SMILES string of the molecule is COc1cccc(OC)c1-n1c(NS(=O)(=O)[C@@H](C)[C@@H](OC(C)C)c2ncc(Cl)cn2)nnc1[C@@H]1COCCO1. The van der Waals surface area contributed by atoms with Crippen molar-refractivity contribution in [3.8, 4) is 17.2 Å². The molecule has 1 aliphatic heterocycles. The van der Waals surface area contributed by atoms with E-state index in [0.717, 1.165) is 0 Å². The number of anilines is 1. The molecule has 0 saturated carbocycles. The maximum Gasteiger partial charge on any atom is 0.243 e. The highest BCUT2D eigenvalue weighted by Crippen LogP contribution is 2.38. The number of aromatic nitrogens is 5. The van der Waals surface area contributed by atoms with Crippen LogP contribution in [0.4, 0.5) is 5.95 Å². The molecule has 0 aliphatic carbocycles. The van der Waals surface area contributed by atoms with Crippen LogP contribution >= 0.6 is 11.6 Å². The van der Waals surface area contributed by atoms with E-state index < -0.39 is 27.5 Å². The van der Waals surface area contributed by atoms with Gasteiger partial charge in [0.05, 0.1) is 45.2 Å². The fourth-order valence-corrected chi connectivity index (χ4v) is 5.19. The normalized spacial score (nSPS) is 17.6. The van der Waals surface area contributed by atoms with Crippen molar-refractivity contribution in [1.82, 2.24) is 24.7 Å². The van der Waals surface area contributed by atoms with Crippen LogP contribution in [0, 0.1) is 0 Å². The summed E-state index contributed by atoms with van der Waals surface area (Å²) in [7, 11) is -1.18. The first kappa shape index (κ1) is 29.0. The zero-order valence-electron chi connectivity index (χ0n) is 22.2. The van der Waals surface area contributed by atoms with Crippen molar-refractivity contribution >= 4 is 27.6 Å². The third-order valence-corrected chi connectivity index (χ3v) is 7.77. The highest BCUT2D eigenvalue weighted by molar-refractivity contribution is 7.93. The summed E-state index contributed by atoms with van der Waals surface area (Å²) < 4.78 is 60.1. The molecule has 1 saturated heterocycles. The number of sulfonamides is 1. The second kappa shape index (κ2) is 12.4. The highest BCUT2D eigenvalue weighted by Gasteiger charge is 2.37. The molecular weight excluding hydrogens is 552 g/mol. The number of hydrogen-bond donors (Lipinski definition) is 1. The van der Waals surface area contributed by atoms with Gasteiger partial charge in [-0.25, -0.2) is 18.4 Å². The third-order valence-electron chi connectivity index (χ3n) is 5.88. The van der Waals surface area contributed by atoms with Crippen LogP contribution in [0.25, 0.3) is 5.69 Å². The molecule has 3 aromatic rings. The first-order chi connectivity index (χ1) is 18.7. The van der Waals surface area contributed by atoms with Gasteiger partial charge in [0.15, 0.2) is 11.6 Å². The Balaban J connectivity index is 1.79. The lowest BCUT2D eigenvalue weighted by atomic mass is 10.2. The molecule has 0 amide bonds. The Morgan fingerprint density at radius 3 is 2.31 bits per heavy atom. The molecule has 3 heterocycles. The van der Waals surface area contributed by atoms with Crippen molar-refractivity contribution in [1.29, 1.82) is 0 Å². The molecule has 212 valence electrons. The van der Waals surface area contributed by atoms with Crippen LogP contribution in [0.15, 0.2) is 30.6 Å². The Kier molecular flexibility index (Phi) is 9.23. The summed E-state index contributed by atoms with van der Waals surface area (Å²) in [6, 6.07) is 5.17. The zero-order valence-corrected chi connectivity index (χ0v) is 23.8. The number of rotatable bonds is 11. The predicted molar refractivity (Wildman–Crippen MR) is 142 cm³/mol. The second-order valence-corrected chi connectivity index (χ2v) is 11.4. The Labute approximate surface area is 231 Å². The molecule has 4 rings (SSSR count). The summed E-state index contributed by atoms with van der Waals surface area (Å²) >= 11 is 5.94. The van der Waals surface area contributed by atoms with Gasteiger partial charge in [0.1, 0.15) is 34.6 Å². The van der Waals surface area contributed by atoms with Gasteiger partial charge in [0.25, 0.3) is 0 Å². The van der Waals surface area contributed by atoms with Gasteiger partial charge in [0.2, 0.25) is 16.0 Å². The maximum absolute atomic E-state index is 13.8. The molecule has 39 heavy (non-hydrogen) atoms. The van der Waals surface area contributed by atoms with Crippen molar-refractivity contribution in [2.75, 3.05) is 38.8 Å². The highest BCUT2D eigenvalue weighted by atomic mass is 35.5. The fraction of sp³-hybridized carbons (Fsp3) is 0.500. The Hall–Kier alpha value is -3.04. The minimum atomic E-state index is -4.17. The van der Waals surface area contributed by atoms with E-state index in [-0.39, 0.29) is 24.5 Å². The number of halogens is 1. The van der Waals surface area contributed by atoms with Crippen LogP contribution < -0.4 is 14.2 Å².